The van der Waals surface area contributed by atoms with Crippen molar-refractivity contribution in [2.75, 3.05) is 0 Å². The van der Waals surface area contributed by atoms with Gasteiger partial charge in [0.05, 0.1) is 13.0 Å². The molecule has 1 fully saturated rings. The maximum atomic E-state index is 11.9. The van der Waals surface area contributed by atoms with E-state index in [1.165, 1.54) is 5.56 Å². The summed E-state index contributed by atoms with van der Waals surface area (Å²) in [5.74, 6) is -0.213. The van der Waals surface area contributed by atoms with Crippen LogP contribution < -0.4 is 16.0 Å². The van der Waals surface area contributed by atoms with Crippen molar-refractivity contribution in [1.29, 1.82) is 0 Å². The molecule has 130 valence electrons. The van der Waals surface area contributed by atoms with Crippen LogP contribution in [0.3, 0.4) is 0 Å². The zero-order chi connectivity index (χ0) is 17.6. The smallest absolute Gasteiger partial charge is 0.322 e. The Hall–Kier alpha value is -3.23. The van der Waals surface area contributed by atoms with E-state index in [1.807, 2.05) is 34.9 Å². The molecule has 1 aromatic carbocycles. The maximum absolute atomic E-state index is 11.9. The standard InChI is InChI=1S/C16H18N6O3/c23-14(8-12-15(24)20-16(25)19-12)17-9-13-21-18-10-22(13)7-6-11-4-2-1-3-5-11/h1-5,10,12H,6-9H2,(H,17,23)(H2,19,20,24,25)/t12-/m1/s1. The van der Waals surface area contributed by atoms with Crippen LogP contribution in [0.2, 0.25) is 0 Å². The summed E-state index contributed by atoms with van der Waals surface area (Å²) in [6, 6.07) is 8.63. The number of carbonyl (C=O) groups excluding carboxylic acids is 3. The lowest BCUT2D eigenvalue weighted by atomic mass is 10.1. The maximum Gasteiger partial charge on any atom is 0.322 e. The lowest BCUT2D eigenvalue weighted by Gasteiger charge is -2.09. The Morgan fingerprint density at radius 3 is 2.76 bits per heavy atom. The summed E-state index contributed by atoms with van der Waals surface area (Å²) in [6.07, 6.45) is 2.33. The monoisotopic (exact) mass is 342 g/mol. The fraction of sp³-hybridized carbons (Fsp3) is 0.312. The summed E-state index contributed by atoms with van der Waals surface area (Å²) in [7, 11) is 0. The van der Waals surface area contributed by atoms with Crippen LogP contribution in [-0.2, 0) is 29.1 Å². The summed E-state index contributed by atoms with van der Waals surface area (Å²) in [5.41, 5.74) is 1.20. The van der Waals surface area contributed by atoms with Gasteiger partial charge in [0.2, 0.25) is 5.91 Å². The number of benzene rings is 1. The van der Waals surface area contributed by atoms with Crippen molar-refractivity contribution in [1.82, 2.24) is 30.7 Å². The molecule has 4 amide bonds. The highest BCUT2D eigenvalue weighted by Crippen LogP contribution is 2.04. The molecule has 1 saturated heterocycles. The van der Waals surface area contributed by atoms with E-state index < -0.39 is 18.0 Å². The number of carbonyl (C=O) groups is 3. The Morgan fingerprint density at radius 2 is 2.04 bits per heavy atom. The van der Waals surface area contributed by atoms with E-state index in [-0.39, 0.29) is 18.9 Å². The second-order valence-electron chi connectivity index (χ2n) is 5.67. The highest BCUT2D eigenvalue weighted by molar-refractivity contribution is 6.05. The number of nitrogens with zero attached hydrogens (tertiary/aromatic N) is 3. The largest absolute Gasteiger partial charge is 0.349 e. The molecule has 0 saturated carbocycles. The van der Waals surface area contributed by atoms with Gasteiger partial charge in [-0.2, -0.15) is 0 Å². The lowest BCUT2D eigenvalue weighted by molar-refractivity contribution is -0.126. The van der Waals surface area contributed by atoms with Gasteiger partial charge in [-0.3, -0.25) is 14.9 Å². The molecule has 1 aliphatic heterocycles. The SMILES string of the molecule is O=C(C[C@H]1NC(=O)NC1=O)NCc1nncn1CCc1ccccc1. The van der Waals surface area contributed by atoms with Crippen molar-refractivity contribution in [2.24, 2.45) is 0 Å². The van der Waals surface area contributed by atoms with Crippen LogP contribution in [0.4, 0.5) is 4.79 Å². The summed E-state index contributed by atoms with van der Waals surface area (Å²) in [5, 5.41) is 15.1. The van der Waals surface area contributed by atoms with Gasteiger partial charge in [-0.05, 0) is 12.0 Å². The zero-order valence-corrected chi connectivity index (χ0v) is 13.4. The van der Waals surface area contributed by atoms with E-state index in [9.17, 15) is 14.4 Å². The number of aryl methyl sites for hydroxylation is 2. The van der Waals surface area contributed by atoms with E-state index in [0.717, 1.165) is 6.42 Å². The van der Waals surface area contributed by atoms with Crippen LogP contribution in [0.1, 0.15) is 17.8 Å². The predicted octanol–water partition coefficient (Wildman–Crippen LogP) is -0.265. The predicted molar refractivity (Wildman–Crippen MR) is 87.1 cm³/mol. The molecular weight excluding hydrogens is 324 g/mol. The second-order valence-corrected chi connectivity index (χ2v) is 5.67. The van der Waals surface area contributed by atoms with Crippen LogP contribution in [0.15, 0.2) is 36.7 Å². The Kier molecular flexibility index (Phi) is 5.03. The van der Waals surface area contributed by atoms with Crippen LogP contribution in [0.25, 0.3) is 0 Å². The third-order valence-corrected chi connectivity index (χ3v) is 3.87. The number of amides is 4. The first-order valence-electron chi connectivity index (χ1n) is 7.90. The van der Waals surface area contributed by atoms with E-state index >= 15 is 0 Å². The zero-order valence-electron chi connectivity index (χ0n) is 13.4. The van der Waals surface area contributed by atoms with E-state index in [4.69, 9.17) is 0 Å². The molecule has 0 unspecified atom stereocenters. The van der Waals surface area contributed by atoms with Crippen LogP contribution in [0, 0.1) is 0 Å². The van der Waals surface area contributed by atoms with E-state index in [2.05, 4.69) is 26.1 Å². The quantitative estimate of drug-likeness (QED) is 0.599. The van der Waals surface area contributed by atoms with Gasteiger partial charge >= 0.3 is 6.03 Å². The van der Waals surface area contributed by atoms with E-state index in [1.54, 1.807) is 6.33 Å². The van der Waals surface area contributed by atoms with Gasteiger partial charge < -0.3 is 15.2 Å². The minimum absolute atomic E-state index is 0.115. The highest BCUT2D eigenvalue weighted by Gasteiger charge is 2.31. The number of imide groups is 1. The number of aromatic nitrogens is 3. The van der Waals surface area contributed by atoms with Crippen molar-refractivity contribution in [3.05, 3.63) is 48.0 Å². The Morgan fingerprint density at radius 1 is 1.24 bits per heavy atom. The fourth-order valence-corrected chi connectivity index (χ4v) is 2.53. The normalized spacial score (nSPS) is 16.4. The van der Waals surface area contributed by atoms with Gasteiger partial charge in [0, 0.05) is 6.54 Å². The molecule has 3 rings (SSSR count). The van der Waals surface area contributed by atoms with Gasteiger partial charge in [0.15, 0.2) is 5.82 Å². The molecular formula is C16H18N6O3. The third kappa shape index (κ3) is 4.40. The first kappa shape index (κ1) is 16.6. The molecule has 0 spiro atoms. The van der Waals surface area contributed by atoms with Crippen LogP contribution in [-0.4, -0.2) is 38.7 Å². The molecule has 1 aromatic heterocycles. The number of urea groups is 1. The van der Waals surface area contributed by atoms with Crippen LogP contribution in [0.5, 0.6) is 0 Å². The van der Waals surface area contributed by atoms with Crippen molar-refractivity contribution in [3.63, 3.8) is 0 Å². The molecule has 2 aromatic rings. The number of nitrogens with one attached hydrogen (secondary N) is 3. The fourth-order valence-electron chi connectivity index (χ4n) is 2.53. The van der Waals surface area contributed by atoms with Crippen molar-refractivity contribution in [2.45, 2.75) is 32.0 Å². The molecule has 0 radical (unpaired) electrons. The van der Waals surface area contributed by atoms with Gasteiger partial charge in [0.25, 0.3) is 5.91 Å². The summed E-state index contributed by atoms with van der Waals surface area (Å²) in [6.45, 7) is 0.902. The molecule has 1 atom stereocenters. The molecule has 1 aliphatic rings. The minimum Gasteiger partial charge on any atom is -0.349 e. The highest BCUT2D eigenvalue weighted by atomic mass is 16.2. The van der Waals surface area contributed by atoms with E-state index in [0.29, 0.717) is 12.4 Å². The molecule has 0 bridgehead atoms. The molecule has 0 aliphatic carbocycles. The van der Waals surface area contributed by atoms with Crippen molar-refractivity contribution in [3.8, 4) is 0 Å². The van der Waals surface area contributed by atoms with Gasteiger partial charge in [-0.1, -0.05) is 30.3 Å². The van der Waals surface area contributed by atoms with Gasteiger partial charge in [-0.25, -0.2) is 4.79 Å². The summed E-state index contributed by atoms with van der Waals surface area (Å²) in [4.78, 5) is 34.4. The Balaban J connectivity index is 1.48. The minimum atomic E-state index is -0.830. The van der Waals surface area contributed by atoms with Gasteiger partial charge in [0.1, 0.15) is 12.4 Å². The first-order valence-corrected chi connectivity index (χ1v) is 7.90. The average molecular weight is 342 g/mol. The number of rotatable bonds is 7. The Bertz CT molecular complexity index is 773. The third-order valence-electron chi connectivity index (χ3n) is 3.87. The molecule has 3 N–H and O–H groups in total. The van der Waals surface area contributed by atoms with Crippen LogP contribution >= 0.6 is 0 Å². The summed E-state index contributed by atoms with van der Waals surface area (Å²) >= 11 is 0. The number of hydrogen-bond acceptors (Lipinski definition) is 5. The molecule has 9 heteroatoms. The van der Waals surface area contributed by atoms with Crippen molar-refractivity contribution < 1.29 is 14.4 Å². The molecule has 2 heterocycles. The molecule has 25 heavy (non-hydrogen) atoms. The Labute approximate surface area is 143 Å². The molecule has 9 nitrogen and oxygen atoms in total. The average Bonchev–Trinajstić information content (AvgIpc) is 3.18. The van der Waals surface area contributed by atoms with Gasteiger partial charge in [-0.15, -0.1) is 10.2 Å². The topological polar surface area (TPSA) is 118 Å². The first-order chi connectivity index (χ1) is 12.1. The second kappa shape index (κ2) is 7.56. The summed E-state index contributed by atoms with van der Waals surface area (Å²) < 4.78 is 1.87. The number of hydrogen-bond donors (Lipinski definition) is 3. The lowest BCUT2D eigenvalue weighted by Crippen LogP contribution is -2.36. The van der Waals surface area contributed by atoms with Crippen molar-refractivity contribution >= 4 is 17.8 Å².